The molecule has 0 N–H and O–H groups in total. The largest absolute Gasteiger partial charge is 0.250 e. The van der Waals surface area contributed by atoms with Crippen molar-refractivity contribution < 1.29 is 0 Å². The fourth-order valence-electron chi connectivity index (χ4n) is 2.00. The third-order valence-electron chi connectivity index (χ3n) is 3.55. The van der Waals surface area contributed by atoms with Crippen molar-refractivity contribution in [3.63, 3.8) is 0 Å². The van der Waals surface area contributed by atoms with Crippen LogP contribution in [-0.2, 0) is 13.0 Å². The van der Waals surface area contributed by atoms with Crippen LogP contribution in [0, 0.1) is 11.3 Å². The van der Waals surface area contributed by atoms with Gasteiger partial charge in [-0.15, -0.1) is 11.6 Å². The molecule has 0 aliphatic carbocycles. The van der Waals surface area contributed by atoms with Crippen molar-refractivity contribution in [3.8, 4) is 0 Å². The number of aromatic nitrogens is 3. The van der Waals surface area contributed by atoms with E-state index in [1.807, 2.05) is 4.68 Å². The highest BCUT2D eigenvalue weighted by Crippen LogP contribution is 2.31. The number of hydrogen-bond donors (Lipinski definition) is 0. The first-order chi connectivity index (χ1) is 8.06. The molecular weight excluding hydrogens is 234 g/mol. The van der Waals surface area contributed by atoms with Gasteiger partial charge < -0.3 is 0 Å². The molecule has 4 heteroatoms. The fraction of sp³-hybridized carbons (Fsp3) is 0.846. The summed E-state index contributed by atoms with van der Waals surface area (Å²) in [5, 5.41) is 4.31. The lowest BCUT2D eigenvalue weighted by molar-refractivity contribution is 0.286. The Bertz CT molecular complexity index is 321. The molecule has 0 amide bonds. The Labute approximate surface area is 110 Å². The molecule has 3 nitrogen and oxygen atoms in total. The zero-order chi connectivity index (χ0) is 12.9. The molecule has 0 atom stereocenters. The minimum absolute atomic E-state index is 0.170. The highest BCUT2D eigenvalue weighted by Gasteiger charge is 2.27. The zero-order valence-electron chi connectivity index (χ0n) is 11.4. The summed E-state index contributed by atoms with van der Waals surface area (Å²) in [5.41, 5.74) is 0.170. The van der Waals surface area contributed by atoms with Crippen LogP contribution in [0.25, 0.3) is 0 Å². The second-order valence-corrected chi connectivity index (χ2v) is 5.54. The molecule has 0 bridgehead atoms. The Hall–Kier alpha value is -0.570. The van der Waals surface area contributed by atoms with Gasteiger partial charge in [-0.3, -0.25) is 0 Å². The number of halogens is 1. The predicted octanol–water partition coefficient (Wildman–Crippen LogP) is 3.52. The molecule has 98 valence electrons. The molecule has 0 saturated heterocycles. The first kappa shape index (κ1) is 14.5. The maximum Gasteiger partial charge on any atom is 0.138 e. The lowest BCUT2D eigenvalue weighted by Crippen LogP contribution is -2.26. The quantitative estimate of drug-likeness (QED) is 0.700. The number of rotatable bonds is 7. The van der Waals surface area contributed by atoms with Crippen molar-refractivity contribution >= 4 is 11.6 Å². The summed E-state index contributed by atoms with van der Waals surface area (Å²) in [6.07, 6.45) is 4.75. The van der Waals surface area contributed by atoms with E-state index in [1.165, 1.54) is 0 Å². The van der Waals surface area contributed by atoms with E-state index in [1.54, 1.807) is 6.33 Å². The lowest BCUT2D eigenvalue weighted by atomic mass is 9.81. The smallest absolute Gasteiger partial charge is 0.138 e. The van der Waals surface area contributed by atoms with E-state index in [0.717, 1.165) is 31.6 Å². The molecule has 17 heavy (non-hydrogen) atoms. The van der Waals surface area contributed by atoms with Crippen molar-refractivity contribution in [2.75, 3.05) is 5.88 Å². The Balaban J connectivity index is 2.82. The van der Waals surface area contributed by atoms with Crippen LogP contribution in [0.2, 0.25) is 0 Å². The molecule has 0 aromatic carbocycles. The first-order valence-corrected chi connectivity index (χ1v) is 7.03. The van der Waals surface area contributed by atoms with E-state index in [4.69, 9.17) is 11.6 Å². The first-order valence-electron chi connectivity index (χ1n) is 6.49. The van der Waals surface area contributed by atoms with Gasteiger partial charge in [0.05, 0.1) is 0 Å². The minimum atomic E-state index is 0.170. The minimum Gasteiger partial charge on any atom is -0.250 e. The van der Waals surface area contributed by atoms with Gasteiger partial charge in [0.1, 0.15) is 12.2 Å². The monoisotopic (exact) mass is 257 g/mol. The molecule has 0 unspecified atom stereocenters. The molecule has 0 spiro atoms. The van der Waals surface area contributed by atoms with Gasteiger partial charge in [0.15, 0.2) is 0 Å². The van der Waals surface area contributed by atoms with E-state index >= 15 is 0 Å². The molecule has 0 saturated carbocycles. The van der Waals surface area contributed by atoms with Crippen LogP contribution in [-0.4, -0.2) is 20.6 Å². The van der Waals surface area contributed by atoms with E-state index in [-0.39, 0.29) is 5.41 Å². The maximum atomic E-state index is 6.14. The Morgan fingerprint density at radius 2 is 2.00 bits per heavy atom. The van der Waals surface area contributed by atoms with Gasteiger partial charge in [-0.2, -0.15) is 5.10 Å². The number of hydrogen-bond acceptors (Lipinski definition) is 2. The maximum absolute atomic E-state index is 6.14. The van der Waals surface area contributed by atoms with Crippen LogP contribution < -0.4 is 0 Å². The van der Waals surface area contributed by atoms with E-state index in [2.05, 4.69) is 37.8 Å². The summed E-state index contributed by atoms with van der Waals surface area (Å²) in [7, 11) is 0. The molecule has 1 aromatic rings. The van der Waals surface area contributed by atoms with Gasteiger partial charge in [-0.25, -0.2) is 9.67 Å². The van der Waals surface area contributed by atoms with E-state index in [9.17, 15) is 0 Å². The SMILES string of the molecule is CCC(CC)(CCl)Cc1ncnn1CC(C)C. The van der Waals surface area contributed by atoms with Crippen molar-refractivity contribution in [2.45, 2.75) is 53.5 Å². The second-order valence-electron chi connectivity index (χ2n) is 5.27. The molecule has 1 aromatic heterocycles. The van der Waals surface area contributed by atoms with Gasteiger partial charge in [0.25, 0.3) is 0 Å². The average Bonchev–Trinajstić information content (AvgIpc) is 2.72. The number of alkyl halides is 1. The summed E-state index contributed by atoms with van der Waals surface area (Å²) < 4.78 is 2.03. The van der Waals surface area contributed by atoms with Crippen LogP contribution in [0.5, 0.6) is 0 Å². The molecule has 0 fully saturated rings. The Morgan fingerprint density at radius 1 is 1.35 bits per heavy atom. The van der Waals surface area contributed by atoms with Crippen LogP contribution in [0.15, 0.2) is 6.33 Å². The standard InChI is InChI=1S/C13H24ClN3/c1-5-13(6-2,9-14)7-12-15-10-16-17(12)8-11(3)4/h10-11H,5-9H2,1-4H3. The molecule has 1 rings (SSSR count). The van der Waals surface area contributed by atoms with Crippen molar-refractivity contribution in [2.24, 2.45) is 11.3 Å². The molecule has 0 aliphatic rings. The van der Waals surface area contributed by atoms with Crippen LogP contribution >= 0.6 is 11.6 Å². The van der Waals surface area contributed by atoms with E-state index < -0.39 is 0 Å². The molecule has 0 aliphatic heterocycles. The molecule has 1 heterocycles. The average molecular weight is 258 g/mol. The van der Waals surface area contributed by atoms with Crippen LogP contribution in [0.4, 0.5) is 0 Å². The summed E-state index contributed by atoms with van der Waals surface area (Å²) in [6.45, 7) is 9.73. The normalized spacial score (nSPS) is 12.4. The highest BCUT2D eigenvalue weighted by atomic mass is 35.5. The fourth-order valence-corrected chi connectivity index (χ4v) is 2.47. The predicted molar refractivity (Wildman–Crippen MR) is 72.3 cm³/mol. The number of nitrogens with zero attached hydrogens (tertiary/aromatic N) is 3. The summed E-state index contributed by atoms with van der Waals surface area (Å²) in [4.78, 5) is 4.39. The zero-order valence-corrected chi connectivity index (χ0v) is 12.2. The third-order valence-corrected chi connectivity index (χ3v) is 4.12. The topological polar surface area (TPSA) is 30.7 Å². The van der Waals surface area contributed by atoms with Crippen molar-refractivity contribution in [1.29, 1.82) is 0 Å². The summed E-state index contributed by atoms with van der Waals surface area (Å²) in [5.74, 6) is 2.35. The lowest BCUT2D eigenvalue weighted by Gasteiger charge is -2.28. The van der Waals surface area contributed by atoms with Crippen LogP contribution in [0.1, 0.15) is 46.4 Å². The van der Waals surface area contributed by atoms with Gasteiger partial charge in [-0.1, -0.05) is 27.7 Å². The van der Waals surface area contributed by atoms with Gasteiger partial charge in [-0.05, 0) is 24.2 Å². The third kappa shape index (κ3) is 3.70. The van der Waals surface area contributed by atoms with Crippen LogP contribution in [0.3, 0.4) is 0 Å². The summed E-state index contributed by atoms with van der Waals surface area (Å²) >= 11 is 6.14. The highest BCUT2D eigenvalue weighted by molar-refractivity contribution is 6.18. The second kappa shape index (κ2) is 6.39. The Kier molecular flexibility index (Phi) is 5.44. The van der Waals surface area contributed by atoms with Gasteiger partial charge in [0, 0.05) is 18.8 Å². The van der Waals surface area contributed by atoms with Gasteiger partial charge in [0.2, 0.25) is 0 Å². The van der Waals surface area contributed by atoms with Crippen molar-refractivity contribution in [1.82, 2.24) is 14.8 Å². The van der Waals surface area contributed by atoms with Crippen molar-refractivity contribution in [3.05, 3.63) is 12.2 Å². The summed E-state index contributed by atoms with van der Waals surface area (Å²) in [6, 6.07) is 0. The van der Waals surface area contributed by atoms with E-state index in [0.29, 0.717) is 11.8 Å². The molecule has 0 radical (unpaired) electrons. The Morgan fingerprint density at radius 3 is 2.47 bits per heavy atom. The molecular formula is C13H24ClN3. The van der Waals surface area contributed by atoms with Gasteiger partial charge >= 0.3 is 0 Å².